The van der Waals surface area contributed by atoms with Crippen LogP contribution in [0.15, 0.2) is 72.0 Å². The molecular weight excluding hydrogens is 374 g/mol. The summed E-state index contributed by atoms with van der Waals surface area (Å²) in [5.74, 6) is 1.72. The number of fused-ring (bicyclic) bond motifs is 1. The average molecular weight is 404 g/mol. The number of aromatic nitrogens is 2. The first-order valence-corrected chi connectivity index (χ1v) is 10.3. The van der Waals surface area contributed by atoms with Gasteiger partial charge in [-0.05, 0) is 37.1 Å². The van der Waals surface area contributed by atoms with Crippen LogP contribution in [0.25, 0.3) is 0 Å². The third-order valence-corrected chi connectivity index (χ3v) is 5.37. The Labute approximate surface area is 178 Å². The molecular formula is C24H29N5O. The monoisotopic (exact) mass is 403 g/mol. The van der Waals surface area contributed by atoms with Crippen LogP contribution in [0.1, 0.15) is 43.0 Å². The zero-order chi connectivity index (χ0) is 21.0. The lowest BCUT2D eigenvalue weighted by atomic mass is 9.90. The summed E-state index contributed by atoms with van der Waals surface area (Å²) in [6, 6.07) is 18.7. The molecule has 0 saturated carbocycles. The number of nitrogens with zero attached hydrogens (tertiary/aromatic N) is 3. The zero-order valence-corrected chi connectivity index (χ0v) is 17.8. The number of benzene rings is 2. The molecule has 0 amide bonds. The molecule has 0 spiro atoms. The topological polar surface area (TPSA) is 63.5 Å². The van der Waals surface area contributed by atoms with Gasteiger partial charge in [0.05, 0.1) is 12.6 Å². The van der Waals surface area contributed by atoms with E-state index in [-0.39, 0.29) is 11.6 Å². The summed E-state index contributed by atoms with van der Waals surface area (Å²) in [4.78, 5) is 4.46. The highest BCUT2D eigenvalue weighted by Gasteiger charge is 2.33. The van der Waals surface area contributed by atoms with Crippen molar-refractivity contribution in [2.24, 2.45) is 4.99 Å². The van der Waals surface area contributed by atoms with Gasteiger partial charge >= 0.3 is 0 Å². The van der Waals surface area contributed by atoms with Crippen molar-refractivity contribution in [1.82, 2.24) is 20.4 Å². The van der Waals surface area contributed by atoms with Gasteiger partial charge in [-0.15, -0.1) is 0 Å². The molecule has 0 radical (unpaired) electrons. The number of hydrogen-bond acceptors (Lipinski definition) is 3. The quantitative estimate of drug-likeness (QED) is 0.501. The Morgan fingerprint density at radius 3 is 2.67 bits per heavy atom. The van der Waals surface area contributed by atoms with E-state index in [1.807, 2.05) is 29.1 Å². The summed E-state index contributed by atoms with van der Waals surface area (Å²) < 4.78 is 8.09. The number of aliphatic imine (C=N–C) groups is 1. The second kappa shape index (κ2) is 8.61. The fourth-order valence-electron chi connectivity index (χ4n) is 3.92. The van der Waals surface area contributed by atoms with Crippen molar-refractivity contribution in [2.75, 3.05) is 7.05 Å². The molecule has 0 fully saturated rings. The highest BCUT2D eigenvalue weighted by Crippen LogP contribution is 2.39. The van der Waals surface area contributed by atoms with Crippen LogP contribution in [-0.2, 0) is 13.1 Å². The third-order valence-electron chi connectivity index (χ3n) is 5.37. The Bertz CT molecular complexity index is 1010. The van der Waals surface area contributed by atoms with Crippen LogP contribution in [0, 0.1) is 0 Å². The van der Waals surface area contributed by atoms with Gasteiger partial charge < -0.3 is 15.4 Å². The number of para-hydroxylation sites is 1. The van der Waals surface area contributed by atoms with Gasteiger partial charge in [0.1, 0.15) is 11.4 Å². The molecule has 1 aliphatic rings. The lowest BCUT2D eigenvalue weighted by molar-refractivity contribution is 0.0694. The molecule has 1 atom stereocenters. The molecule has 6 nitrogen and oxygen atoms in total. The third kappa shape index (κ3) is 4.64. The largest absolute Gasteiger partial charge is 0.487 e. The highest BCUT2D eigenvalue weighted by atomic mass is 16.5. The lowest BCUT2D eigenvalue weighted by Crippen LogP contribution is -2.45. The molecule has 0 saturated heterocycles. The van der Waals surface area contributed by atoms with Crippen LogP contribution >= 0.6 is 0 Å². The van der Waals surface area contributed by atoms with Crippen LogP contribution in [0.2, 0.25) is 0 Å². The first-order chi connectivity index (χ1) is 14.5. The molecule has 0 bridgehead atoms. The normalized spacial score (nSPS) is 17.7. The summed E-state index contributed by atoms with van der Waals surface area (Å²) in [6.45, 7) is 5.68. The molecule has 2 aromatic carbocycles. The van der Waals surface area contributed by atoms with Gasteiger partial charge in [-0.25, -0.2) is 0 Å². The van der Waals surface area contributed by atoms with Gasteiger partial charge in [-0.3, -0.25) is 9.67 Å². The van der Waals surface area contributed by atoms with Crippen LogP contribution in [0.4, 0.5) is 0 Å². The van der Waals surface area contributed by atoms with E-state index < -0.39 is 0 Å². The van der Waals surface area contributed by atoms with Crippen molar-refractivity contribution in [3.05, 3.63) is 83.7 Å². The Kier molecular flexibility index (Phi) is 5.74. The van der Waals surface area contributed by atoms with Crippen molar-refractivity contribution >= 4 is 5.96 Å². The Morgan fingerprint density at radius 2 is 1.90 bits per heavy atom. The first-order valence-electron chi connectivity index (χ1n) is 10.3. The smallest absolute Gasteiger partial charge is 0.191 e. The summed E-state index contributed by atoms with van der Waals surface area (Å²) in [5.41, 5.74) is 3.39. The fourth-order valence-corrected chi connectivity index (χ4v) is 3.92. The minimum atomic E-state index is -0.235. The number of guanidine groups is 1. The highest BCUT2D eigenvalue weighted by molar-refractivity contribution is 5.80. The Hall–Kier alpha value is -3.28. The number of hydrogen-bond donors (Lipinski definition) is 2. The van der Waals surface area contributed by atoms with E-state index in [0.29, 0.717) is 6.54 Å². The number of ether oxygens (including phenoxy) is 1. The second-order valence-electron chi connectivity index (χ2n) is 8.20. The van der Waals surface area contributed by atoms with Gasteiger partial charge in [-0.2, -0.15) is 5.10 Å². The maximum atomic E-state index is 6.15. The predicted molar refractivity (Wildman–Crippen MR) is 120 cm³/mol. The van der Waals surface area contributed by atoms with E-state index >= 15 is 0 Å². The zero-order valence-electron chi connectivity index (χ0n) is 17.8. The second-order valence-corrected chi connectivity index (χ2v) is 8.20. The van der Waals surface area contributed by atoms with Gasteiger partial charge in [0.15, 0.2) is 5.96 Å². The molecule has 6 heteroatoms. The van der Waals surface area contributed by atoms with Crippen LogP contribution in [0.3, 0.4) is 0 Å². The Morgan fingerprint density at radius 1 is 1.13 bits per heavy atom. The minimum absolute atomic E-state index is 0.135. The molecule has 4 rings (SSSR count). The molecule has 1 unspecified atom stereocenters. The molecule has 30 heavy (non-hydrogen) atoms. The maximum absolute atomic E-state index is 6.15. The first kappa shape index (κ1) is 20.0. The van der Waals surface area contributed by atoms with Gasteiger partial charge in [0, 0.05) is 38.0 Å². The Balaban J connectivity index is 1.46. The minimum Gasteiger partial charge on any atom is -0.487 e. The summed E-state index contributed by atoms with van der Waals surface area (Å²) in [7, 11) is 1.81. The lowest BCUT2D eigenvalue weighted by Gasteiger charge is -2.38. The van der Waals surface area contributed by atoms with E-state index in [1.165, 1.54) is 16.7 Å². The van der Waals surface area contributed by atoms with Crippen molar-refractivity contribution in [1.29, 1.82) is 0 Å². The van der Waals surface area contributed by atoms with Crippen molar-refractivity contribution < 1.29 is 4.74 Å². The molecule has 3 aromatic rings. The standard InChI is InChI=1S/C24H29N5O/c1-24(2)15-21(20-11-6-7-12-22(20)30-24)28-23(25-3)26-16-18-9-4-5-10-19(18)17-29-14-8-13-27-29/h4-14,21H,15-17H2,1-3H3,(H2,25,26,28). The van der Waals surface area contributed by atoms with E-state index in [9.17, 15) is 0 Å². The predicted octanol–water partition coefficient (Wildman–Crippen LogP) is 3.90. The molecule has 156 valence electrons. The van der Waals surface area contributed by atoms with Crippen LogP contribution < -0.4 is 15.4 Å². The van der Waals surface area contributed by atoms with Crippen molar-refractivity contribution in [2.45, 2.75) is 45.0 Å². The summed E-state index contributed by atoms with van der Waals surface area (Å²) in [5, 5.41) is 11.4. The number of nitrogens with one attached hydrogen (secondary N) is 2. The molecule has 1 aromatic heterocycles. The summed E-state index contributed by atoms with van der Waals surface area (Å²) in [6.07, 6.45) is 4.65. The fraction of sp³-hybridized carbons (Fsp3) is 0.333. The van der Waals surface area contributed by atoms with E-state index in [0.717, 1.165) is 24.7 Å². The molecule has 2 N–H and O–H groups in total. The maximum Gasteiger partial charge on any atom is 0.191 e. The molecule has 2 heterocycles. The molecule has 1 aliphatic heterocycles. The van der Waals surface area contributed by atoms with Gasteiger partial charge in [0.25, 0.3) is 0 Å². The SMILES string of the molecule is CN=C(NCc1ccccc1Cn1cccn1)NC1CC(C)(C)Oc2ccccc21. The van der Waals surface area contributed by atoms with Gasteiger partial charge in [-0.1, -0.05) is 42.5 Å². The van der Waals surface area contributed by atoms with Crippen LogP contribution in [0.5, 0.6) is 5.75 Å². The molecule has 0 aliphatic carbocycles. The van der Waals surface area contributed by atoms with E-state index in [1.54, 1.807) is 13.2 Å². The van der Waals surface area contributed by atoms with Crippen LogP contribution in [-0.4, -0.2) is 28.4 Å². The van der Waals surface area contributed by atoms with Crippen molar-refractivity contribution in [3.8, 4) is 5.75 Å². The van der Waals surface area contributed by atoms with Crippen molar-refractivity contribution in [3.63, 3.8) is 0 Å². The average Bonchev–Trinajstić information content (AvgIpc) is 3.24. The van der Waals surface area contributed by atoms with E-state index in [2.05, 4.69) is 71.0 Å². The summed E-state index contributed by atoms with van der Waals surface area (Å²) >= 11 is 0. The number of rotatable bonds is 5. The van der Waals surface area contributed by atoms with Gasteiger partial charge in [0.2, 0.25) is 0 Å². The van der Waals surface area contributed by atoms with E-state index in [4.69, 9.17) is 4.74 Å².